The molecule has 0 radical (unpaired) electrons. The predicted molar refractivity (Wildman–Crippen MR) is 256 cm³/mol. The van der Waals surface area contributed by atoms with Gasteiger partial charge in [-0.2, -0.15) is 0 Å². The monoisotopic (exact) mass is 817 g/mol. The van der Waals surface area contributed by atoms with Crippen LogP contribution in [0.2, 0.25) is 0 Å². The molecule has 4 heterocycles. The van der Waals surface area contributed by atoms with E-state index in [-0.39, 0.29) is 84.6 Å². The average molecular weight is 818 g/mol. The highest BCUT2D eigenvalue weighted by molar-refractivity contribution is 6.15. The zero-order chi connectivity index (χ0) is 51.0. The molecule has 0 bridgehead atoms. The number of hydrogen-bond acceptors (Lipinski definition) is 5. The van der Waals surface area contributed by atoms with Crippen molar-refractivity contribution in [2.24, 2.45) is 0 Å². The second kappa shape index (κ2) is 14.0. The van der Waals surface area contributed by atoms with E-state index in [2.05, 4.69) is 42.5 Å². The fourth-order valence-electron chi connectivity index (χ4n) is 8.55. The molecule has 0 aliphatic rings. The standard InChI is InChI=1S/C57H34N4O2/c1-3-13-35(14-4-1)36-25-27-37(28-26-36)41-19-11-23-50-53(41)44-31-29-39(33-52(44)63-50)56-58-55(38-15-5-2-6-16-38)59-57(60-56)45-20-12-24-51-54(45)46-34-40(30-32-49(46)62-51)61-47-21-9-7-17-42(47)43-18-8-10-22-48(43)61/h1-34H/i7D,9D,12D,17D,20D,21D,22D,24D,30D,32D,34D. The number of benzene rings is 9. The first-order valence-corrected chi connectivity index (χ1v) is 20.2. The van der Waals surface area contributed by atoms with Crippen LogP contribution >= 0.6 is 0 Å². The third-order valence-corrected chi connectivity index (χ3v) is 11.5. The van der Waals surface area contributed by atoms with Gasteiger partial charge in [-0.3, -0.25) is 0 Å². The molecule has 0 fully saturated rings. The molecule has 0 aliphatic carbocycles. The molecule has 0 amide bonds. The molecule has 0 atom stereocenters. The van der Waals surface area contributed by atoms with Crippen LogP contribution in [-0.4, -0.2) is 19.5 Å². The summed E-state index contributed by atoms with van der Waals surface area (Å²) in [4.78, 5) is 14.8. The van der Waals surface area contributed by atoms with Gasteiger partial charge in [-0.15, -0.1) is 0 Å². The lowest BCUT2D eigenvalue weighted by molar-refractivity contribution is 0.668. The molecule has 0 N–H and O–H groups in total. The van der Waals surface area contributed by atoms with Crippen LogP contribution in [0.1, 0.15) is 15.1 Å². The molecule has 6 heteroatoms. The quantitative estimate of drug-likeness (QED) is 0.167. The molecule has 0 saturated heterocycles. The van der Waals surface area contributed by atoms with Crippen molar-refractivity contribution in [3.63, 3.8) is 0 Å². The number of furan rings is 2. The van der Waals surface area contributed by atoms with E-state index >= 15 is 0 Å². The Morgan fingerprint density at radius 3 is 1.92 bits per heavy atom. The highest BCUT2D eigenvalue weighted by Crippen LogP contribution is 2.41. The number of aromatic nitrogens is 4. The van der Waals surface area contributed by atoms with E-state index in [1.165, 1.54) is 10.6 Å². The van der Waals surface area contributed by atoms with E-state index < -0.39 is 54.4 Å². The normalized spacial score (nSPS) is 14.3. The lowest BCUT2D eigenvalue weighted by Crippen LogP contribution is -2.00. The van der Waals surface area contributed by atoms with Crippen molar-refractivity contribution >= 4 is 65.7 Å². The second-order valence-electron chi connectivity index (χ2n) is 15.1. The molecule has 4 aromatic heterocycles. The zero-order valence-electron chi connectivity index (χ0n) is 43.9. The summed E-state index contributed by atoms with van der Waals surface area (Å²) in [5, 5.41) is 1.90. The summed E-state index contributed by atoms with van der Waals surface area (Å²) in [5.41, 5.74) is 5.52. The van der Waals surface area contributed by atoms with Crippen LogP contribution in [0.3, 0.4) is 0 Å². The van der Waals surface area contributed by atoms with Crippen LogP contribution in [0, 0.1) is 0 Å². The van der Waals surface area contributed by atoms with Crippen molar-refractivity contribution < 1.29 is 23.9 Å². The first-order valence-electron chi connectivity index (χ1n) is 25.7. The molecule has 6 nitrogen and oxygen atoms in total. The van der Waals surface area contributed by atoms with Gasteiger partial charge in [0.15, 0.2) is 17.5 Å². The number of nitrogens with zero attached hydrogens (tertiary/aromatic N) is 4. The van der Waals surface area contributed by atoms with Gasteiger partial charge in [0.25, 0.3) is 0 Å². The third-order valence-electron chi connectivity index (χ3n) is 11.5. The highest BCUT2D eigenvalue weighted by Gasteiger charge is 2.21. The van der Waals surface area contributed by atoms with Crippen LogP contribution in [0.5, 0.6) is 0 Å². The van der Waals surface area contributed by atoms with Crippen LogP contribution < -0.4 is 0 Å². The molecule has 13 aromatic rings. The number of fused-ring (bicyclic) bond motifs is 9. The summed E-state index contributed by atoms with van der Waals surface area (Å²) in [6, 6.07) is 38.7. The van der Waals surface area contributed by atoms with Crippen LogP contribution in [-0.2, 0) is 0 Å². The summed E-state index contributed by atoms with van der Waals surface area (Å²) in [6.45, 7) is 0. The zero-order valence-corrected chi connectivity index (χ0v) is 32.9. The van der Waals surface area contributed by atoms with Crippen molar-refractivity contribution in [1.82, 2.24) is 19.5 Å². The molecule has 9 aromatic carbocycles. The summed E-state index contributed by atoms with van der Waals surface area (Å²) >= 11 is 0. The van der Waals surface area contributed by atoms with Crippen molar-refractivity contribution in [2.75, 3.05) is 0 Å². The van der Waals surface area contributed by atoms with Gasteiger partial charge in [0.2, 0.25) is 0 Å². The van der Waals surface area contributed by atoms with E-state index in [4.69, 9.17) is 33.4 Å². The van der Waals surface area contributed by atoms with E-state index in [9.17, 15) is 5.48 Å². The fourth-order valence-corrected chi connectivity index (χ4v) is 8.55. The molecule has 0 spiro atoms. The van der Waals surface area contributed by atoms with Gasteiger partial charge in [0.05, 0.1) is 26.1 Å². The molecule has 294 valence electrons. The second-order valence-corrected chi connectivity index (χ2v) is 15.1. The minimum Gasteiger partial charge on any atom is -0.456 e. The van der Waals surface area contributed by atoms with Crippen molar-refractivity contribution in [1.29, 1.82) is 0 Å². The van der Waals surface area contributed by atoms with E-state index in [1.54, 1.807) is 12.1 Å². The summed E-state index contributed by atoms with van der Waals surface area (Å²) in [7, 11) is 0. The lowest BCUT2D eigenvalue weighted by Gasteiger charge is -2.10. The summed E-state index contributed by atoms with van der Waals surface area (Å²) < 4.78 is 115. The molecular formula is C57H34N4O2. The predicted octanol–water partition coefficient (Wildman–Crippen LogP) is 15.1. The van der Waals surface area contributed by atoms with Gasteiger partial charge < -0.3 is 13.4 Å². The van der Waals surface area contributed by atoms with Crippen LogP contribution in [0.25, 0.3) is 128 Å². The molecule has 63 heavy (non-hydrogen) atoms. The van der Waals surface area contributed by atoms with Gasteiger partial charge in [-0.05, 0) is 76.7 Å². The molecular weight excluding hydrogens is 773 g/mol. The minimum atomic E-state index is -0.575. The topological polar surface area (TPSA) is 69.9 Å². The van der Waals surface area contributed by atoms with Gasteiger partial charge >= 0.3 is 0 Å². The smallest absolute Gasteiger partial charge is 0.164 e. The van der Waals surface area contributed by atoms with Crippen LogP contribution in [0.4, 0.5) is 0 Å². The molecule has 13 rings (SSSR count). The number of hydrogen-bond donors (Lipinski definition) is 0. The maximum absolute atomic E-state index is 9.97. The molecule has 0 saturated carbocycles. The maximum atomic E-state index is 9.97. The summed E-state index contributed by atoms with van der Waals surface area (Å²) in [6.07, 6.45) is 0. The third kappa shape index (κ3) is 5.69. The first kappa shape index (κ1) is 25.9. The highest BCUT2D eigenvalue weighted by atomic mass is 16.3. The number of rotatable bonds is 6. The molecule has 0 unspecified atom stereocenters. The van der Waals surface area contributed by atoms with E-state index in [0.29, 0.717) is 22.3 Å². The number of para-hydroxylation sites is 2. The Kier molecular flexibility index (Phi) is 5.74. The Balaban J connectivity index is 1.05. The Morgan fingerprint density at radius 2 is 1.06 bits per heavy atom. The summed E-state index contributed by atoms with van der Waals surface area (Å²) in [5.74, 6) is 0.244. The Bertz CT molecular complexity index is 4560. The Labute approximate surface area is 376 Å². The van der Waals surface area contributed by atoms with Crippen LogP contribution in [0.15, 0.2) is 215 Å². The largest absolute Gasteiger partial charge is 0.456 e. The van der Waals surface area contributed by atoms with Crippen molar-refractivity contribution in [3.05, 3.63) is 206 Å². The molecule has 0 aliphatic heterocycles. The fraction of sp³-hybridized carbons (Fsp3) is 0. The lowest BCUT2D eigenvalue weighted by atomic mass is 9.96. The van der Waals surface area contributed by atoms with Gasteiger partial charge in [-0.1, -0.05) is 152 Å². The van der Waals surface area contributed by atoms with E-state index in [1.807, 2.05) is 78.9 Å². The van der Waals surface area contributed by atoms with Crippen molar-refractivity contribution in [3.8, 4) is 62.1 Å². The Morgan fingerprint density at radius 1 is 0.381 bits per heavy atom. The Hall–Kier alpha value is -8.61. The SMILES string of the molecule is [2H]c1c(-n2c3c([2H])cccc3c3c([2H])c([2H])c([2H])c([2H])c32)c([2H])c2c(oc3c([2H])c([2H])c([2H])c(-c4nc(-c5ccccc5)nc(-c5ccc6c(c5)oc5cccc(-c7ccc(-c8ccccc8)cc7)c56)n4)c32)c1[2H]. The van der Waals surface area contributed by atoms with Crippen molar-refractivity contribution in [2.45, 2.75) is 0 Å². The first-order chi connectivity index (χ1) is 35.8. The average Bonchev–Trinajstić information content (AvgIpc) is 4.12. The van der Waals surface area contributed by atoms with Gasteiger partial charge in [0, 0.05) is 54.7 Å². The maximum Gasteiger partial charge on any atom is 0.164 e. The van der Waals surface area contributed by atoms with E-state index in [0.717, 1.165) is 33.0 Å². The van der Waals surface area contributed by atoms with Gasteiger partial charge in [0.1, 0.15) is 22.3 Å². The van der Waals surface area contributed by atoms with Gasteiger partial charge in [-0.25, -0.2) is 15.0 Å². The minimum absolute atomic E-state index is 0.0604.